The average Bonchev–Trinajstić information content (AvgIpc) is 3.55. The van der Waals surface area contributed by atoms with Crippen LogP contribution in [0.5, 0.6) is 23.0 Å². The van der Waals surface area contributed by atoms with E-state index >= 15 is 0 Å². The van der Waals surface area contributed by atoms with Crippen LogP contribution in [0.1, 0.15) is 0 Å². The minimum Gasteiger partial charge on any atom is -0.458 e. The van der Waals surface area contributed by atoms with Gasteiger partial charge in [-0.15, -0.1) is 0 Å². The first kappa shape index (κ1) is 40.9. The predicted octanol–water partition coefficient (Wildman–Crippen LogP) is 10.6. The molecular formula is C66H41B3N4O2. The van der Waals surface area contributed by atoms with E-state index in [2.05, 4.69) is 268 Å². The molecule has 0 aliphatic carbocycles. The van der Waals surface area contributed by atoms with Gasteiger partial charge in [0, 0.05) is 80.4 Å². The Morgan fingerprint density at radius 1 is 0.213 bits per heavy atom. The Labute approximate surface area is 436 Å². The molecule has 6 aliphatic rings. The molecule has 0 atom stereocenters. The average molecular weight is 955 g/mol. The summed E-state index contributed by atoms with van der Waals surface area (Å²) in [7, 11) is 0. The van der Waals surface area contributed by atoms with Gasteiger partial charge in [0.05, 0.1) is 0 Å². The zero-order valence-corrected chi connectivity index (χ0v) is 40.5. The van der Waals surface area contributed by atoms with Gasteiger partial charge in [0.2, 0.25) is 0 Å². The normalized spacial score (nSPS) is 14.2. The minimum absolute atomic E-state index is 0.0785. The summed E-state index contributed by atoms with van der Waals surface area (Å²) >= 11 is 0. The first-order valence-corrected chi connectivity index (χ1v) is 25.9. The van der Waals surface area contributed by atoms with Gasteiger partial charge in [-0.2, -0.15) is 0 Å². The van der Waals surface area contributed by atoms with E-state index in [-0.39, 0.29) is 20.1 Å². The molecular weight excluding hydrogens is 913 g/mol. The molecule has 6 heterocycles. The van der Waals surface area contributed by atoms with Gasteiger partial charge < -0.3 is 29.1 Å². The zero-order valence-electron chi connectivity index (χ0n) is 40.5. The summed E-state index contributed by atoms with van der Waals surface area (Å²) in [6.07, 6.45) is 0. The molecule has 0 saturated heterocycles. The first-order chi connectivity index (χ1) is 37.2. The number of hydrogen-bond donors (Lipinski definition) is 0. The van der Waals surface area contributed by atoms with Crippen LogP contribution in [0, 0.1) is 0 Å². The van der Waals surface area contributed by atoms with Crippen molar-refractivity contribution in [1.29, 1.82) is 0 Å². The van der Waals surface area contributed by atoms with E-state index in [0.29, 0.717) is 0 Å². The van der Waals surface area contributed by atoms with Crippen molar-refractivity contribution in [3.8, 4) is 23.0 Å². The minimum atomic E-state index is -0.163. The van der Waals surface area contributed by atoms with E-state index < -0.39 is 0 Å². The van der Waals surface area contributed by atoms with Crippen molar-refractivity contribution in [2.45, 2.75) is 0 Å². The third-order valence-electron chi connectivity index (χ3n) is 16.5. The van der Waals surface area contributed by atoms with Gasteiger partial charge in [-0.1, -0.05) is 140 Å². The van der Waals surface area contributed by atoms with Gasteiger partial charge in [-0.05, 0) is 146 Å². The molecule has 6 nitrogen and oxygen atoms in total. The highest BCUT2D eigenvalue weighted by Crippen LogP contribution is 2.48. The van der Waals surface area contributed by atoms with E-state index in [9.17, 15) is 0 Å². The third kappa shape index (κ3) is 5.67. The predicted molar refractivity (Wildman–Crippen MR) is 312 cm³/mol. The van der Waals surface area contributed by atoms with Gasteiger partial charge in [0.1, 0.15) is 23.0 Å². The Hall–Kier alpha value is -9.59. The van der Waals surface area contributed by atoms with E-state index in [1.54, 1.807) is 0 Å². The van der Waals surface area contributed by atoms with Crippen LogP contribution in [0.2, 0.25) is 0 Å². The number of anilines is 12. The molecule has 0 bridgehead atoms. The molecule has 11 aromatic rings. The topological polar surface area (TPSA) is 31.4 Å². The second-order valence-electron chi connectivity index (χ2n) is 20.3. The van der Waals surface area contributed by atoms with E-state index in [1.807, 2.05) is 0 Å². The van der Waals surface area contributed by atoms with Gasteiger partial charge in [-0.3, -0.25) is 0 Å². The van der Waals surface area contributed by atoms with Crippen molar-refractivity contribution in [2.75, 3.05) is 19.6 Å². The molecule has 0 radical (unpaired) electrons. The quantitative estimate of drug-likeness (QED) is 0.163. The number of benzene rings is 11. The van der Waals surface area contributed by atoms with Gasteiger partial charge in [0.15, 0.2) is 0 Å². The fourth-order valence-corrected chi connectivity index (χ4v) is 13.6. The van der Waals surface area contributed by atoms with E-state index in [0.717, 1.165) is 90.8 Å². The summed E-state index contributed by atoms with van der Waals surface area (Å²) in [5.41, 5.74) is 24.5. The second-order valence-corrected chi connectivity index (χ2v) is 20.3. The molecule has 0 fully saturated rings. The summed E-state index contributed by atoms with van der Waals surface area (Å²) in [5.74, 6) is 3.52. The number of para-hydroxylation sites is 6. The molecule has 17 rings (SSSR count). The highest BCUT2D eigenvalue weighted by Gasteiger charge is 2.49. The molecule has 11 aromatic carbocycles. The lowest BCUT2D eigenvalue weighted by molar-refractivity contribution is 0.487. The van der Waals surface area contributed by atoms with Gasteiger partial charge >= 0.3 is 0 Å². The molecule has 346 valence electrons. The number of hydrogen-bond acceptors (Lipinski definition) is 6. The molecule has 0 aromatic heterocycles. The van der Waals surface area contributed by atoms with Crippen LogP contribution >= 0.6 is 0 Å². The number of rotatable bonds is 4. The van der Waals surface area contributed by atoms with E-state index in [1.165, 1.54) is 49.6 Å². The maximum atomic E-state index is 7.26. The summed E-state index contributed by atoms with van der Waals surface area (Å²) in [6.45, 7) is -0.320. The monoisotopic (exact) mass is 954 g/mol. The van der Waals surface area contributed by atoms with Crippen molar-refractivity contribution in [3.63, 3.8) is 0 Å². The Kier molecular flexibility index (Phi) is 8.44. The largest absolute Gasteiger partial charge is 0.458 e. The summed E-state index contributed by atoms with van der Waals surface area (Å²) in [4.78, 5) is 9.76. The van der Waals surface area contributed by atoms with Crippen LogP contribution in [-0.2, 0) is 0 Å². The molecule has 6 aliphatic heterocycles. The standard InChI is InChI=1S/C66H41B3N4O2/c1-5-20-42(21-6-1)70-52-30-15-13-28-46(52)67-50-38-48-58(40-62(50)74-60-36-18-34-56(70)65(60)67)72(44-24-9-3-10-25-44)54-32-17-33-55-64(54)69(48)49-39-51-63(41-59(49)73(55)45-26-11-4-12-27-45)75-61-37-19-35-57-66(61)68(51)47-29-14-16-31-53(47)71(57)43-22-7-2-8-23-43/h1-41H. The van der Waals surface area contributed by atoms with Crippen LogP contribution in [0.25, 0.3) is 0 Å². The fourth-order valence-electron chi connectivity index (χ4n) is 13.6. The van der Waals surface area contributed by atoms with Crippen molar-refractivity contribution < 1.29 is 9.47 Å². The second kappa shape index (κ2) is 15.5. The molecule has 0 saturated carbocycles. The highest BCUT2D eigenvalue weighted by atomic mass is 16.5. The van der Waals surface area contributed by atoms with E-state index in [4.69, 9.17) is 9.47 Å². The molecule has 75 heavy (non-hydrogen) atoms. The Morgan fingerprint density at radius 2 is 0.520 bits per heavy atom. The molecule has 0 unspecified atom stereocenters. The molecule has 0 amide bonds. The van der Waals surface area contributed by atoms with Gasteiger partial charge in [0.25, 0.3) is 20.1 Å². The maximum absolute atomic E-state index is 7.26. The van der Waals surface area contributed by atoms with Crippen LogP contribution in [0.15, 0.2) is 249 Å². The SMILES string of the molecule is c1ccc(N2c3ccccc3B3c4cc5c(cc4Oc4cccc2c43)N(c2ccccc2)c2cccc3c2B5c2cc4c(cc2N3c2ccccc2)Oc2cccc3c2B4c2ccccc2N3c2ccccc2)cc1. The first-order valence-electron chi connectivity index (χ1n) is 25.9. The smallest absolute Gasteiger partial charge is 0.256 e. The van der Waals surface area contributed by atoms with Crippen LogP contribution in [-0.4, -0.2) is 20.1 Å². The summed E-state index contributed by atoms with van der Waals surface area (Å²) < 4.78 is 14.5. The Bertz CT molecular complexity index is 3930. The molecule has 0 spiro atoms. The van der Waals surface area contributed by atoms with Crippen molar-refractivity contribution >= 4 is 138 Å². The van der Waals surface area contributed by atoms with Crippen LogP contribution < -0.4 is 78.2 Å². The lowest BCUT2D eigenvalue weighted by Crippen LogP contribution is -2.65. The molecule has 9 heteroatoms. The molecule has 0 N–H and O–H groups in total. The van der Waals surface area contributed by atoms with Crippen LogP contribution in [0.4, 0.5) is 68.2 Å². The summed E-state index contributed by atoms with van der Waals surface area (Å²) in [6, 6.07) is 90.7. The van der Waals surface area contributed by atoms with Crippen LogP contribution in [0.3, 0.4) is 0 Å². The fraction of sp³-hybridized carbons (Fsp3) is 0. The maximum Gasteiger partial charge on any atom is 0.256 e. The third-order valence-corrected chi connectivity index (χ3v) is 16.5. The van der Waals surface area contributed by atoms with Gasteiger partial charge in [-0.25, -0.2) is 0 Å². The Balaban J connectivity index is 0.941. The number of fused-ring (bicyclic) bond motifs is 12. The number of ether oxygens (including phenoxy) is 2. The highest BCUT2D eigenvalue weighted by molar-refractivity contribution is 7.04. The van der Waals surface area contributed by atoms with Crippen molar-refractivity contribution in [1.82, 2.24) is 0 Å². The van der Waals surface area contributed by atoms with Crippen molar-refractivity contribution in [2.24, 2.45) is 0 Å². The lowest BCUT2D eigenvalue weighted by atomic mass is 9.29. The Morgan fingerprint density at radius 3 is 0.920 bits per heavy atom. The number of nitrogens with zero attached hydrogens (tertiary/aromatic N) is 4. The summed E-state index contributed by atoms with van der Waals surface area (Å²) in [5, 5.41) is 0. The lowest BCUT2D eigenvalue weighted by Gasteiger charge is -2.46. The zero-order chi connectivity index (χ0) is 48.9. The van der Waals surface area contributed by atoms with Crippen molar-refractivity contribution in [3.05, 3.63) is 249 Å².